The molecule has 19 heavy (non-hydrogen) atoms. The Morgan fingerprint density at radius 3 is 2.11 bits per heavy atom. The van der Waals surface area contributed by atoms with Crippen LogP contribution in [0.3, 0.4) is 0 Å². The predicted molar refractivity (Wildman–Crippen MR) is 68.2 cm³/mol. The average Bonchev–Trinajstić information content (AvgIpc) is 2.45. The molecule has 102 valence electrons. The molecule has 0 unspecified atom stereocenters. The lowest BCUT2D eigenvalue weighted by molar-refractivity contribution is -0.124. The summed E-state index contributed by atoms with van der Waals surface area (Å²) in [6, 6.07) is 4.96. The van der Waals surface area contributed by atoms with Crippen LogP contribution < -0.4 is 14.2 Å². The van der Waals surface area contributed by atoms with Crippen molar-refractivity contribution in [1.29, 1.82) is 5.26 Å². The lowest BCUT2D eigenvalue weighted by Crippen LogP contribution is -2.25. The maximum absolute atomic E-state index is 11.3. The lowest BCUT2D eigenvalue weighted by atomic mass is 10.1. The number of carbonyl (C=O) groups excluding carboxylic acids is 1. The number of methoxy groups -OCH3 is 3. The van der Waals surface area contributed by atoms with Crippen LogP contribution in [0.2, 0.25) is 0 Å². The van der Waals surface area contributed by atoms with Crippen molar-refractivity contribution in [2.45, 2.75) is 6.54 Å². The van der Waals surface area contributed by atoms with Gasteiger partial charge in [-0.25, -0.2) is 0 Å². The van der Waals surface area contributed by atoms with E-state index in [9.17, 15) is 4.79 Å². The van der Waals surface area contributed by atoms with Crippen LogP contribution in [-0.4, -0.2) is 39.2 Å². The van der Waals surface area contributed by atoms with E-state index in [0.717, 1.165) is 0 Å². The zero-order chi connectivity index (χ0) is 14.4. The van der Waals surface area contributed by atoms with Gasteiger partial charge in [-0.3, -0.25) is 4.79 Å². The molecule has 1 aromatic rings. The Kier molecular flexibility index (Phi) is 5.01. The largest absolute Gasteiger partial charge is 0.496 e. The van der Waals surface area contributed by atoms with Crippen LogP contribution >= 0.6 is 0 Å². The Balaban J connectivity index is 3.18. The van der Waals surface area contributed by atoms with Crippen molar-refractivity contribution in [3.63, 3.8) is 0 Å². The summed E-state index contributed by atoms with van der Waals surface area (Å²) < 4.78 is 15.7. The third-order valence-electron chi connectivity index (χ3n) is 2.65. The molecule has 0 heterocycles. The third kappa shape index (κ3) is 3.28. The van der Waals surface area contributed by atoms with E-state index in [1.807, 2.05) is 0 Å². The van der Waals surface area contributed by atoms with Crippen molar-refractivity contribution in [1.82, 2.24) is 4.90 Å². The van der Waals surface area contributed by atoms with E-state index in [4.69, 9.17) is 19.5 Å². The molecule has 0 spiro atoms. The fraction of sp³-hybridized carbons (Fsp3) is 0.385. The van der Waals surface area contributed by atoms with Gasteiger partial charge in [0, 0.05) is 19.2 Å². The number of benzene rings is 1. The van der Waals surface area contributed by atoms with Crippen molar-refractivity contribution in [3.05, 3.63) is 17.7 Å². The highest BCUT2D eigenvalue weighted by atomic mass is 16.5. The van der Waals surface area contributed by atoms with Crippen LogP contribution in [0.5, 0.6) is 17.2 Å². The van der Waals surface area contributed by atoms with Crippen molar-refractivity contribution in [2.75, 3.05) is 28.4 Å². The molecule has 0 aliphatic rings. The molecule has 0 aliphatic carbocycles. The van der Waals surface area contributed by atoms with Crippen LogP contribution in [-0.2, 0) is 11.3 Å². The Morgan fingerprint density at radius 2 is 1.74 bits per heavy atom. The maximum Gasteiger partial charge on any atom is 0.325 e. The first-order valence-electron chi connectivity index (χ1n) is 5.51. The fourth-order valence-electron chi connectivity index (χ4n) is 1.63. The van der Waals surface area contributed by atoms with Gasteiger partial charge in [0.05, 0.1) is 33.4 Å². The number of rotatable bonds is 5. The quantitative estimate of drug-likeness (QED) is 0.747. The molecule has 0 N–H and O–H groups in total. The van der Waals surface area contributed by atoms with Gasteiger partial charge in [-0.05, 0) is 0 Å². The second kappa shape index (κ2) is 6.50. The summed E-state index contributed by atoms with van der Waals surface area (Å²) in [5.41, 5.74) is 0.678. The molecule has 6 nitrogen and oxygen atoms in total. The molecule has 0 radical (unpaired) electrons. The molecule has 6 heteroatoms. The molecule has 0 aliphatic heterocycles. The smallest absolute Gasteiger partial charge is 0.325 e. The Labute approximate surface area is 112 Å². The van der Waals surface area contributed by atoms with Crippen molar-refractivity contribution in [2.24, 2.45) is 0 Å². The van der Waals surface area contributed by atoms with E-state index in [-0.39, 0.29) is 6.54 Å². The van der Waals surface area contributed by atoms with Crippen LogP contribution in [0.25, 0.3) is 0 Å². The summed E-state index contributed by atoms with van der Waals surface area (Å²) in [6.45, 7) is 0.211. The minimum atomic E-state index is -0.625. The summed E-state index contributed by atoms with van der Waals surface area (Å²) >= 11 is 0. The van der Waals surface area contributed by atoms with Crippen LogP contribution in [0, 0.1) is 11.3 Å². The van der Waals surface area contributed by atoms with E-state index < -0.39 is 5.91 Å². The number of nitriles is 1. The molecule has 1 rings (SSSR count). The van der Waals surface area contributed by atoms with Gasteiger partial charge >= 0.3 is 5.91 Å². The predicted octanol–water partition coefficient (Wildman–Crippen LogP) is 1.19. The molecule has 0 fully saturated rings. The number of hydrogen-bond donors (Lipinski definition) is 0. The van der Waals surface area contributed by atoms with Gasteiger partial charge < -0.3 is 19.1 Å². The normalized spacial score (nSPS) is 9.42. The molecular weight excluding hydrogens is 248 g/mol. The molecule has 0 bridgehead atoms. The highest BCUT2D eigenvalue weighted by Crippen LogP contribution is 2.34. The molecule has 0 aromatic heterocycles. The van der Waals surface area contributed by atoms with E-state index in [1.165, 1.54) is 26.2 Å². The standard InChI is InChI=1S/C13H16N2O4/c1-15(13(16)7-14)8-10-11(18-3)5-9(17-2)6-12(10)19-4/h5-6H,8H2,1-4H3. The van der Waals surface area contributed by atoms with Crippen LogP contribution in [0.15, 0.2) is 12.1 Å². The Morgan fingerprint density at radius 1 is 1.21 bits per heavy atom. The van der Waals surface area contributed by atoms with E-state index in [2.05, 4.69) is 0 Å². The number of ether oxygens (including phenoxy) is 3. The lowest BCUT2D eigenvalue weighted by Gasteiger charge is -2.19. The summed E-state index contributed by atoms with van der Waals surface area (Å²) in [6.07, 6.45) is 0. The zero-order valence-electron chi connectivity index (χ0n) is 11.4. The van der Waals surface area contributed by atoms with Gasteiger partial charge in [0.15, 0.2) is 6.07 Å². The van der Waals surface area contributed by atoms with Gasteiger partial charge in [-0.2, -0.15) is 5.26 Å². The topological polar surface area (TPSA) is 71.8 Å². The van der Waals surface area contributed by atoms with Crippen LogP contribution in [0.1, 0.15) is 5.56 Å². The minimum Gasteiger partial charge on any atom is -0.496 e. The summed E-state index contributed by atoms with van der Waals surface area (Å²) in [4.78, 5) is 12.6. The molecule has 1 aromatic carbocycles. The highest BCUT2D eigenvalue weighted by Gasteiger charge is 2.17. The summed E-state index contributed by atoms with van der Waals surface area (Å²) in [5, 5.41) is 8.59. The SMILES string of the molecule is COc1cc(OC)c(CN(C)C(=O)C#N)c(OC)c1. The second-order valence-electron chi connectivity index (χ2n) is 3.78. The van der Waals surface area contributed by atoms with E-state index in [1.54, 1.807) is 25.3 Å². The number of hydrogen-bond acceptors (Lipinski definition) is 5. The molecule has 0 atom stereocenters. The first-order chi connectivity index (χ1) is 9.07. The average molecular weight is 264 g/mol. The van der Waals surface area contributed by atoms with Gasteiger partial charge in [-0.15, -0.1) is 0 Å². The Bertz CT molecular complexity index is 483. The zero-order valence-corrected chi connectivity index (χ0v) is 11.4. The second-order valence-corrected chi connectivity index (χ2v) is 3.78. The minimum absolute atomic E-state index is 0.211. The van der Waals surface area contributed by atoms with E-state index >= 15 is 0 Å². The first-order valence-corrected chi connectivity index (χ1v) is 5.51. The number of carbonyl (C=O) groups is 1. The fourth-order valence-corrected chi connectivity index (χ4v) is 1.63. The van der Waals surface area contributed by atoms with Gasteiger partial charge in [-0.1, -0.05) is 0 Å². The summed E-state index contributed by atoms with van der Waals surface area (Å²) in [5.74, 6) is 1.04. The van der Waals surface area contributed by atoms with Crippen LogP contribution in [0.4, 0.5) is 0 Å². The maximum atomic E-state index is 11.3. The number of nitrogens with zero attached hydrogens (tertiary/aromatic N) is 2. The highest BCUT2D eigenvalue weighted by molar-refractivity contribution is 5.91. The van der Waals surface area contributed by atoms with Crippen molar-refractivity contribution < 1.29 is 19.0 Å². The third-order valence-corrected chi connectivity index (χ3v) is 2.65. The van der Waals surface area contributed by atoms with Crippen molar-refractivity contribution in [3.8, 4) is 23.3 Å². The van der Waals surface area contributed by atoms with Gasteiger partial charge in [0.1, 0.15) is 17.2 Å². The van der Waals surface area contributed by atoms with Gasteiger partial charge in [0.25, 0.3) is 0 Å². The number of amides is 1. The monoisotopic (exact) mass is 264 g/mol. The molecular formula is C13H16N2O4. The molecule has 0 saturated heterocycles. The van der Waals surface area contributed by atoms with E-state index in [0.29, 0.717) is 22.8 Å². The summed E-state index contributed by atoms with van der Waals surface area (Å²) in [7, 11) is 6.11. The molecule has 1 amide bonds. The molecule has 0 saturated carbocycles. The van der Waals surface area contributed by atoms with Crippen molar-refractivity contribution >= 4 is 5.91 Å². The van der Waals surface area contributed by atoms with Gasteiger partial charge in [0.2, 0.25) is 0 Å². The Hall–Kier alpha value is -2.42. The first kappa shape index (κ1) is 14.6.